The van der Waals surface area contributed by atoms with Crippen molar-refractivity contribution in [2.45, 2.75) is 18.7 Å². The summed E-state index contributed by atoms with van der Waals surface area (Å²) < 4.78 is 11.2. The molecule has 4 nitrogen and oxygen atoms in total. The monoisotopic (exact) mass is 278 g/mol. The first-order valence-electron chi connectivity index (χ1n) is 6.22. The first-order chi connectivity index (χ1) is 9.08. The molecule has 0 aliphatic carbocycles. The zero-order valence-electron chi connectivity index (χ0n) is 11.1. The van der Waals surface area contributed by atoms with Crippen LogP contribution in [0.3, 0.4) is 0 Å². The molecule has 0 aliphatic rings. The number of aromatic amines is 1. The van der Waals surface area contributed by atoms with Crippen molar-refractivity contribution in [3.63, 3.8) is 0 Å². The van der Waals surface area contributed by atoms with Crippen LogP contribution in [0.5, 0.6) is 0 Å². The number of para-hydroxylation sites is 1. The number of nitrogens with one attached hydrogen (secondary N) is 2. The van der Waals surface area contributed by atoms with Gasteiger partial charge in [-0.15, -0.1) is 0 Å². The Kier molecular flexibility index (Phi) is 4.50. The van der Waals surface area contributed by atoms with Gasteiger partial charge in [-0.2, -0.15) is 0 Å². The predicted octanol–water partition coefficient (Wildman–Crippen LogP) is 1.38. The van der Waals surface area contributed by atoms with E-state index < -0.39 is 10.8 Å². The molecule has 2 unspecified atom stereocenters. The van der Waals surface area contributed by atoms with Crippen LogP contribution in [0.15, 0.2) is 35.1 Å². The molecule has 0 spiro atoms. The third-order valence-corrected chi connectivity index (χ3v) is 4.44. The summed E-state index contributed by atoms with van der Waals surface area (Å²) in [5.41, 5.74) is 1.48. The van der Waals surface area contributed by atoms with Gasteiger partial charge in [0.05, 0.1) is 0 Å². The normalized spacial score (nSPS) is 14.4. The first-order valence-corrected chi connectivity index (χ1v) is 7.84. The van der Waals surface area contributed by atoms with Crippen molar-refractivity contribution in [1.82, 2.24) is 10.3 Å². The van der Waals surface area contributed by atoms with E-state index in [1.807, 2.05) is 37.3 Å². The van der Waals surface area contributed by atoms with Crippen LogP contribution in [-0.2, 0) is 17.3 Å². The average Bonchev–Trinajstić information content (AvgIpc) is 2.39. The van der Waals surface area contributed by atoms with E-state index in [4.69, 9.17) is 0 Å². The van der Waals surface area contributed by atoms with E-state index in [9.17, 15) is 9.00 Å². The molecule has 0 amide bonds. The number of aromatic nitrogens is 1. The van der Waals surface area contributed by atoms with Crippen molar-refractivity contribution < 1.29 is 4.21 Å². The first kappa shape index (κ1) is 14.0. The Hall–Kier alpha value is -1.46. The van der Waals surface area contributed by atoms with Gasteiger partial charge in [0.25, 0.3) is 5.56 Å². The minimum atomic E-state index is -0.844. The molecule has 0 saturated heterocycles. The van der Waals surface area contributed by atoms with Crippen LogP contribution in [0.25, 0.3) is 10.9 Å². The summed E-state index contributed by atoms with van der Waals surface area (Å²) in [5.74, 6) is 0. The average molecular weight is 278 g/mol. The number of rotatable bonds is 5. The second kappa shape index (κ2) is 6.12. The maximum atomic E-state index is 11.9. The van der Waals surface area contributed by atoms with Gasteiger partial charge in [-0.1, -0.05) is 18.2 Å². The standard InChI is InChI=1S/C14H18N2O2S/c1-10(19(2)18)8-15-9-12-7-11-5-3-4-6-13(11)16-14(12)17/h3-7,10,15H,8-9H2,1-2H3,(H,16,17). The third-order valence-electron chi connectivity index (χ3n) is 3.14. The lowest BCUT2D eigenvalue weighted by molar-refractivity contribution is 0.645. The molecule has 2 atom stereocenters. The number of benzene rings is 1. The van der Waals surface area contributed by atoms with Crippen molar-refractivity contribution in [3.8, 4) is 0 Å². The molecule has 2 N–H and O–H groups in total. The maximum Gasteiger partial charge on any atom is 0.252 e. The highest BCUT2D eigenvalue weighted by Crippen LogP contribution is 2.09. The molecule has 1 heterocycles. The van der Waals surface area contributed by atoms with Gasteiger partial charge in [0.15, 0.2) is 0 Å². The predicted molar refractivity (Wildman–Crippen MR) is 79.8 cm³/mol. The van der Waals surface area contributed by atoms with Gasteiger partial charge in [0, 0.05) is 46.5 Å². The number of H-pyrrole nitrogens is 1. The Balaban J connectivity index is 2.10. The van der Waals surface area contributed by atoms with Gasteiger partial charge in [-0.05, 0) is 24.4 Å². The van der Waals surface area contributed by atoms with E-state index in [0.29, 0.717) is 18.7 Å². The number of fused-ring (bicyclic) bond motifs is 1. The molecule has 5 heteroatoms. The fourth-order valence-corrected chi connectivity index (χ4v) is 2.20. The summed E-state index contributed by atoms with van der Waals surface area (Å²) in [7, 11) is -0.844. The van der Waals surface area contributed by atoms with E-state index in [2.05, 4.69) is 10.3 Å². The van der Waals surface area contributed by atoms with Crippen LogP contribution >= 0.6 is 0 Å². The van der Waals surface area contributed by atoms with E-state index in [-0.39, 0.29) is 10.8 Å². The molecular weight excluding hydrogens is 260 g/mol. The van der Waals surface area contributed by atoms with Gasteiger partial charge in [-0.25, -0.2) is 0 Å². The molecule has 102 valence electrons. The van der Waals surface area contributed by atoms with Crippen LogP contribution in [0.1, 0.15) is 12.5 Å². The van der Waals surface area contributed by atoms with Gasteiger partial charge in [0.1, 0.15) is 0 Å². The molecule has 2 rings (SSSR count). The van der Waals surface area contributed by atoms with Crippen molar-refractivity contribution in [2.75, 3.05) is 12.8 Å². The van der Waals surface area contributed by atoms with Crippen molar-refractivity contribution in [1.29, 1.82) is 0 Å². The number of hydrogen-bond acceptors (Lipinski definition) is 3. The minimum Gasteiger partial charge on any atom is -0.322 e. The summed E-state index contributed by atoms with van der Waals surface area (Å²) in [4.78, 5) is 14.8. The second-order valence-corrected chi connectivity index (χ2v) is 6.45. The molecule has 0 saturated carbocycles. The number of hydrogen-bond donors (Lipinski definition) is 2. The van der Waals surface area contributed by atoms with Crippen molar-refractivity contribution >= 4 is 21.7 Å². The summed E-state index contributed by atoms with van der Waals surface area (Å²) >= 11 is 0. The van der Waals surface area contributed by atoms with Gasteiger partial charge >= 0.3 is 0 Å². The quantitative estimate of drug-likeness (QED) is 0.868. The lowest BCUT2D eigenvalue weighted by Gasteiger charge is -2.09. The highest BCUT2D eigenvalue weighted by molar-refractivity contribution is 7.84. The van der Waals surface area contributed by atoms with Gasteiger partial charge in [0.2, 0.25) is 0 Å². The van der Waals surface area contributed by atoms with Crippen molar-refractivity contribution in [3.05, 3.63) is 46.2 Å². The fourth-order valence-electron chi connectivity index (χ4n) is 1.85. The highest BCUT2D eigenvalue weighted by Gasteiger charge is 2.07. The molecule has 0 radical (unpaired) electrons. The molecule has 0 aliphatic heterocycles. The third kappa shape index (κ3) is 3.52. The van der Waals surface area contributed by atoms with E-state index in [1.165, 1.54) is 0 Å². The SMILES string of the molecule is CC(CNCc1cc2ccccc2[nH]c1=O)S(C)=O. The smallest absolute Gasteiger partial charge is 0.252 e. The van der Waals surface area contributed by atoms with E-state index in [0.717, 1.165) is 10.9 Å². The molecule has 19 heavy (non-hydrogen) atoms. The lowest BCUT2D eigenvalue weighted by atomic mass is 10.1. The Bertz CT molecular complexity index is 651. The van der Waals surface area contributed by atoms with E-state index in [1.54, 1.807) is 6.26 Å². The zero-order valence-corrected chi connectivity index (χ0v) is 11.9. The minimum absolute atomic E-state index is 0.0727. The molecule has 0 bridgehead atoms. The van der Waals surface area contributed by atoms with Gasteiger partial charge < -0.3 is 10.3 Å². The molecule has 1 aromatic carbocycles. The van der Waals surface area contributed by atoms with Crippen LogP contribution < -0.4 is 10.9 Å². The second-order valence-electron chi connectivity index (χ2n) is 4.65. The Labute approximate surface area is 114 Å². The Morgan fingerprint density at radius 1 is 1.37 bits per heavy atom. The van der Waals surface area contributed by atoms with Crippen LogP contribution in [0.4, 0.5) is 0 Å². The maximum absolute atomic E-state index is 11.9. The largest absolute Gasteiger partial charge is 0.322 e. The number of pyridine rings is 1. The Morgan fingerprint density at radius 2 is 2.11 bits per heavy atom. The lowest BCUT2D eigenvalue weighted by Crippen LogP contribution is -2.29. The van der Waals surface area contributed by atoms with E-state index >= 15 is 0 Å². The molecular formula is C14H18N2O2S. The van der Waals surface area contributed by atoms with Crippen molar-refractivity contribution in [2.24, 2.45) is 0 Å². The van der Waals surface area contributed by atoms with Crippen LogP contribution in [-0.4, -0.2) is 27.2 Å². The summed E-state index contributed by atoms with van der Waals surface area (Å²) in [6.07, 6.45) is 1.69. The topological polar surface area (TPSA) is 62.0 Å². The summed E-state index contributed by atoms with van der Waals surface area (Å²) in [5, 5.41) is 4.28. The zero-order chi connectivity index (χ0) is 13.8. The highest BCUT2D eigenvalue weighted by atomic mass is 32.2. The van der Waals surface area contributed by atoms with Gasteiger partial charge in [-0.3, -0.25) is 9.00 Å². The molecule has 0 fully saturated rings. The fraction of sp³-hybridized carbons (Fsp3) is 0.357. The molecule has 1 aromatic heterocycles. The summed E-state index contributed by atoms with van der Waals surface area (Å²) in [6, 6.07) is 9.60. The summed E-state index contributed by atoms with van der Waals surface area (Å²) in [6.45, 7) is 3.05. The Morgan fingerprint density at radius 3 is 2.84 bits per heavy atom. The van der Waals surface area contributed by atoms with Crippen LogP contribution in [0, 0.1) is 0 Å². The van der Waals surface area contributed by atoms with Crippen LogP contribution in [0.2, 0.25) is 0 Å². The molecule has 2 aromatic rings.